The summed E-state index contributed by atoms with van der Waals surface area (Å²) >= 11 is 3.77. The highest BCUT2D eigenvalue weighted by Gasteiger charge is 2.20. The number of hydrogen-bond donors (Lipinski definition) is 0. The van der Waals surface area contributed by atoms with Gasteiger partial charge >= 0.3 is 0 Å². The number of alkyl halides is 1. The molecule has 1 fully saturated rings. The average Bonchev–Trinajstić information content (AvgIpc) is 2.15. The van der Waals surface area contributed by atoms with Gasteiger partial charge in [0.1, 0.15) is 0 Å². The number of halogens is 1. The molecule has 0 bridgehead atoms. The molecule has 0 saturated heterocycles. The van der Waals surface area contributed by atoms with Gasteiger partial charge in [-0.3, -0.25) is 0 Å². The third-order valence-corrected chi connectivity index (χ3v) is 4.36. The van der Waals surface area contributed by atoms with Crippen LogP contribution in [0, 0.1) is 19.8 Å². The van der Waals surface area contributed by atoms with Gasteiger partial charge in [0.15, 0.2) is 0 Å². The summed E-state index contributed by atoms with van der Waals surface area (Å²) in [5, 5.41) is 0. The first-order valence-corrected chi connectivity index (χ1v) is 7.26. The van der Waals surface area contributed by atoms with Crippen LogP contribution in [0.15, 0.2) is 18.2 Å². The zero-order valence-corrected chi connectivity index (χ0v) is 11.9. The second kappa shape index (κ2) is 5.35. The van der Waals surface area contributed by atoms with Crippen molar-refractivity contribution in [2.45, 2.75) is 50.8 Å². The van der Waals surface area contributed by atoms with Crippen molar-refractivity contribution in [3.05, 3.63) is 34.9 Å². The maximum atomic E-state index is 3.77. The first kappa shape index (κ1) is 12.2. The van der Waals surface area contributed by atoms with Crippen molar-refractivity contribution in [3.63, 3.8) is 0 Å². The molecule has 2 unspecified atom stereocenters. The Labute approximate surface area is 108 Å². The second-order valence-electron chi connectivity index (χ2n) is 5.33. The van der Waals surface area contributed by atoms with E-state index >= 15 is 0 Å². The van der Waals surface area contributed by atoms with E-state index in [1.165, 1.54) is 48.8 Å². The Morgan fingerprint density at radius 2 is 1.81 bits per heavy atom. The maximum absolute atomic E-state index is 3.77. The van der Waals surface area contributed by atoms with Gasteiger partial charge in [0.25, 0.3) is 0 Å². The van der Waals surface area contributed by atoms with Crippen LogP contribution in [0.3, 0.4) is 0 Å². The van der Waals surface area contributed by atoms with Gasteiger partial charge in [-0.05, 0) is 44.6 Å². The van der Waals surface area contributed by atoms with Crippen LogP contribution >= 0.6 is 15.9 Å². The van der Waals surface area contributed by atoms with E-state index in [1.54, 1.807) is 0 Å². The molecule has 1 heteroatoms. The molecule has 0 nitrogen and oxygen atoms in total. The second-order valence-corrected chi connectivity index (χ2v) is 6.62. The first-order valence-electron chi connectivity index (χ1n) is 6.35. The first-order chi connectivity index (χ1) is 7.63. The van der Waals surface area contributed by atoms with Crippen molar-refractivity contribution in [2.24, 2.45) is 5.92 Å². The topological polar surface area (TPSA) is 0 Å². The van der Waals surface area contributed by atoms with Crippen LogP contribution < -0.4 is 0 Å². The third-order valence-electron chi connectivity index (χ3n) is 3.52. The van der Waals surface area contributed by atoms with Crippen molar-refractivity contribution in [3.8, 4) is 0 Å². The lowest BCUT2D eigenvalue weighted by Crippen LogP contribution is -2.17. The summed E-state index contributed by atoms with van der Waals surface area (Å²) in [5.74, 6) is 0.888. The van der Waals surface area contributed by atoms with Gasteiger partial charge in [-0.15, -0.1) is 0 Å². The highest BCUT2D eigenvalue weighted by molar-refractivity contribution is 9.09. The molecular formula is C15H21Br. The van der Waals surface area contributed by atoms with E-state index in [9.17, 15) is 0 Å². The van der Waals surface area contributed by atoms with Gasteiger partial charge in [0, 0.05) is 4.83 Å². The minimum absolute atomic E-state index is 0.761. The Morgan fingerprint density at radius 3 is 2.44 bits per heavy atom. The molecule has 1 aliphatic rings. The van der Waals surface area contributed by atoms with Crippen LogP contribution in [-0.4, -0.2) is 4.83 Å². The maximum Gasteiger partial charge on any atom is 0.0148 e. The quantitative estimate of drug-likeness (QED) is 0.683. The average molecular weight is 281 g/mol. The molecule has 1 aliphatic carbocycles. The van der Waals surface area contributed by atoms with Gasteiger partial charge in [-0.1, -0.05) is 58.1 Å². The molecule has 2 rings (SSSR count). The van der Waals surface area contributed by atoms with Gasteiger partial charge in [0.2, 0.25) is 0 Å². The number of benzene rings is 1. The largest absolute Gasteiger partial charge is 0.0891 e. The molecule has 0 aromatic heterocycles. The van der Waals surface area contributed by atoms with E-state index in [2.05, 4.69) is 48.0 Å². The number of rotatable bonds is 2. The van der Waals surface area contributed by atoms with Crippen LogP contribution in [0.4, 0.5) is 0 Å². The molecule has 0 spiro atoms. The summed E-state index contributed by atoms with van der Waals surface area (Å²) in [6, 6.07) is 6.97. The smallest absolute Gasteiger partial charge is 0.0148 e. The SMILES string of the molecule is Cc1cc(C)cc(CC2CCCC(Br)C2)c1. The Hall–Kier alpha value is -0.300. The zero-order chi connectivity index (χ0) is 11.5. The summed E-state index contributed by atoms with van der Waals surface area (Å²) < 4.78 is 0. The standard InChI is InChI=1S/C15H21Br/c1-11-6-12(2)8-14(7-11)9-13-4-3-5-15(16)10-13/h6-8,13,15H,3-5,9-10H2,1-2H3. The lowest BCUT2D eigenvalue weighted by Gasteiger charge is -2.25. The van der Waals surface area contributed by atoms with E-state index in [0.717, 1.165) is 10.7 Å². The summed E-state index contributed by atoms with van der Waals surface area (Å²) in [6.45, 7) is 4.40. The molecule has 0 heterocycles. The Balaban J connectivity index is 2.02. The molecular weight excluding hydrogens is 260 g/mol. The Kier molecular flexibility index (Phi) is 4.07. The summed E-state index contributed by atoms with van der Waals surface area (Å²) in [7, 11) is 0. The van der Waals surface area contributed by atoms with E-state index in [4.69, 9.17) is 0 Å². The molecule has 1 aromatic rings. The Morgan fingerprint density at radius 1 is 1.12 bits per heavy atom. The number of hydrogen-bond acceptors (Lipinski definition) is 0. The van der Waals surface area contributed by atoms with Crippen molar-refractivity contribution in [2.75, 3.05) is 0 Å². The zero-order valence-electron chi connectivity index (χ0n) is 10.3. The molecule has 88 valence electrons. The highest BCUT2D eigenvalue weighted by atomic mass is 79.9. The van der Waals surface area contributed by atoms with Gasteiger partial charge in [-0.25, -0.2) is 0 Å². The summed E-state index contributed by atoms with van der Waals surface area (Å²) in [6.07, 6.45) is 6.79. The van der Waals surface area contributed by atoms with Crippen molar-refractivity contribution < 1.29 is 0 Å². The molecule has 0 radical (unpaired) electrons. The third kappa shape index (κ3) is 3.35. The van der Waals surface area contributed by atoms with E-state index in [-0.39, 0.29) is 0 Å². The van der Waals surface area contributed by atoms with Gasteiger partial charge in [-0.2, -0.15) is 0 Å². The van der Waals surface area contributed by atoms with Crippen LogP contribution in [0.25, 0.3) is 0 Å². The monoisotopic (exact) mass is 280 g/mol. The van der Waals surface area contributed by atoms with E-state index in [0.29, 0.717) is 0 Å². The van der Waals surface area contributed by atoms with Crippen molar-refractivity contribution >= 4 is 15.9 Å². The van der Waals surface area contributed by atoms with Crippen LogP contribution in [0.5, 0.6) is 0 Å². The lowest BCUT2D eigenvalue weighted by molar-refractivity contribution is 0.368. The molecule has 2 atom stereocenters. The fourth-order valence-corrected chi connectivity index (χ4v) is 3.78. The van der Waals surface area contributed by atoms with Gasteiger partial charge < -0.3 is 0 Å². The summed E-state index contributed by atoms with van der Waals surface area (Å²) in [5.41, 5.74) is 4.34. The minimum Gasteiger partial charge on any atom is -0.0891 e. The predicted octanol–water partition coefficient (Wildman–Crippen LogP) is 4.80. The summed E-state index contributed by atoms with van der Waals surface area (Å²) in [4.78, 5) is 0.761. The fourth-order valence-electron chi connectivity index (χ4n) is 2.93. The van der Waals surface area contributed by atoms with Crippen LogP contribution in [0.1, 0.15) is 42.4 Å². The molecule has 0 aliphatic heterocycles. The highest BCUT2D eigenvalue weighted by Crippen LogP contribution is 2.31. The molecule has 1 aromatic carbocycles. The lowest BCUT2D eigenvalue weighted by atomic mass is 9.84. The minimum atomic E-state index is 0.761. The van der Waals surface area contributed by atoms with Crippen molar-refractivity contribution in [1.82, 2.24) is 0 Å². The van der Waals surface area contributed by atoms with Crippen molar-refractivity contribution in [1.29, 1.82) is 0 Å². The van der Waals surface area contributed by atoms with E-state index in [1.807, 2.05) is 0 Å². The molecule has 16 heavy (non-hydrogen) atoms. The fraction of sp³-hybridized carbons (Fsp3) is 0.600. The normalized spacial score (nSPS) is 25.7. The molecule has 1 saturated carbocycles. The predicted molar refractivity (Wildman–Crippen MR) is 74.3 cm³/mol. The van der Waals surface area contributed by atoms with Crippen LogP contribution in [0.2, 0.25) is 0 Å². The molecule has 0 N–H and O–H groups in total. The van der Waals surface area contributed by atoms with Crippen LogP contribution in [-0.2, 0) is 6.42 Å². The van der Waals surface area contributed by atoms with Gasteiger partial charge in [0.05, 0.1) is 0 Å². The Bertz CT molecular complexity index is 336. The number of aryl methyl sites for hydroxylation is 2. The van der Waals surface area contributed by atoms with E-state index < -0.39 is 0 Å². The molecule has 0 amide bonds.